The number of halogens is 2. The van der Waals surface area contributed by atoms with Crippen LogP contribution in [0.25, 0.3) is 11.3 Å². The highest BCUT2D eigenvalue weighted by Crippen LogP contribution is 2.20. The molecule has 0 atom stereocenters. The highest BCUT2D eigenvalue weighted by molar-refractivity contribution is 7.07. The summed E-state index contributed by atoms with van der Waals surface area (Å²) in [4.78, 5) is 5.30. The Kier molecular flexibility index (Phi) is 5.19. The van der Waals surface area contributed by atoms with Crippen LogP contribution in [0.4, 0.5) is 8.78 Å². The van der Waals surface area contributed by atoms with E-state index in [4.69, 9.17) is 0 Å². The number of rotatable bonds is 4. The summed E-state index contributed by atoms with van der Waals surface area (Å²) >= 11 is 1.46. The Balaban J connectivity index is 2.08. The fraction of sp³-hybridized carbons (Fsp3) is 0.158. The number of thiazole rings is 1. The van der Waals surface area contributed by atoms with E-state index in [1.807, 2.05) is 19.2 Å². The lowest BCUT2D eigenvalue weighted by atomic mass is 10.2. The third kappa shape index (κ3) is 4.28. The summed E-state index contributed by atoms with van der Waals surface area (Å²) in [6.45, 7) is 3.97. The van der Waals surface area contributed by atoms with Crippen LogP contribution < -0.4 is 4.80 Å². The van der Waals surface area contributed by atoms with E-state index in [0.717, 1.165) is 16.1 Å². The molecule has 2 aromatic carbocycles. The largest absolute Gasteiger partial charge is 0.255 e. The lowest BCUT2D eigenvalue weighted by Gasteiger charge is -2.04. The van der Waals surface area contributed by atoms with Crippen molar-refractivity contribution in [2.75, 3.05) is 0 Å². The Morgan fingerprint density at radius 2 is 1.80 bits per heavy atom. The van der Waals surface area contributed by atoms with Gasteiger partial charge in [0.2, 0.25) is 4.80 Å². The number of aromatic nitrogens is 1. The van der Waals surface area contributed by atoms with Gasteiger partial charge in [-0.15, -0.1) is 11.3 Å². The molecule has 0 fully saturated rings. The molecule has 3 aromatic rings. The van der Waals surface area contributed by atoms with E-state index in [0.29, 0.717) is 5.56 Å². The Bertz CT molecular complexity index is 953. The van der Waals surface area contributed by atoms with Crippen LogP contribution in [0.5, 0.6) is 0 Å². The first-order valence-electron chi connectivity index (χ1n) is 7.83. The maximum atomic E-state index is 13.3. The molecule has 3 rings (SSSR count). The van der Waals surface area contributed by atoms with Gasteiger partial charge in [0.15, 0.2) is 0 Å². The van der Waals surface area contributed by atoms with Crippen molar-refractivity contribution < 1.29 is 8.78 Å². The summed E-state index contributed by atoms with van der Waals surface area (Å²) in [7, 11) is 0. The fourth-order valence-electron chi connectivity index (χ4n) is 2.25. The number of benzene rings is 2. The van der Waals surface area contributed by atoms with E-state index < -0.39 is 0 Å². The number of hydrogen-bond acceptors (Lipinski definition) is 3. The van der Waals surface area contributed by atoms with E-state index in [9.17, 15) is 8.78 Å². The van der Waals surface area contributed by atoms with Crippen LogP contribution in [0.3, 0.4) is 0 Å². The summed E-state index contributed by atoms with van der Waals surface area (Å²) in [5.74, 6) is -0.606. The van der Waals surface area contributed by atoms with E-state index in [1.54, 1.807) is 35.2 Å². The zero-order chi connectivity index (χ0) is 17.8. The predicted molar refractivity (Wildman–Crippen MR) is 97.8 cm³/mol. The SMILES string of the molecule is CC(C)N=c1scc(-c2ccc(F)cc2)n1N=Cc1cccc(F)c1. The molecular weight excluding hydrogens is 340 g/mol. The maximum absolute atomic E-state index is 13.3. The smallest absolute Gasteiger partial charge is 0.206 e. The molecule has 25 heavy (non-hydrogen) atoms. The molecule has 6 heteroatoms. The molecule has 0 unspecified atom stereocenters. The van der Waals surface area contributed by atoms with Crippen molar-refractivity contribution in [3.63, 3.8) is 0 Å². The quantitative estimate of drug-likeness (QED) is 0.607. The third-order valence-electron chi connectivity index (χ3n) is 3.36. The van der Waals surface area contributed by atoms with Crippen molar-refractivity contribution in [1.29, 1.82) is 0 Å². The van der Waals surface area contributed by atoms with Crippen LogP contribution in [0.15, 0.2) is 64.0 Å². The van der Waals surface area contributed by atoms with Gasteiger partial charge in [0.25, 0.3) is 0 Å². The fourth-order valence-corrected chi connectivity index (χ4v) is 3.22. The topological polar surface area (TPSA) is 29.6 Å². The van der Waals surface area contributed by atoms with Crippen LogP contribution >= 0.6 is 11.3 Å². The maximum Gasteiger partial charge on any atom is 0.206 e. The van der Waals surface area contributed by atoms with Crippen LogP contribution in [0.1, 0.15) is 19.4 Å². The van der Waals surface area contributed by atoms with Gasteiger partial charge in [-0.3, -0.25) is 4.99 Å². The Morgan fingerprint density at radius 1 is 1.04 bits per heavy atom. The van der Waals surface area contributed by atoms with Crippen LogP contribution in [0.2, 0.25) is 0 Å². The molecule has 0 bridgehead atoms. The van der Waals surface area contributed by atoms with Gasteiger partial charge in [-0.05, 0) is 55.8 Å². The standard InChI is InChI=1S/C19H17F2N3S/c1-13(2)23-19-24(22-11-14-4-3-5-17(21)10-14)18(12-25-19)15-6-8-16(20)9-7-15/h3-13H,1-2H3. The van der Waals surface area contributed by atoms with Crippen molar-refractivity contribution in [2.24, 2.45) is 10.1 Å². The minimum Gasteiger partial charge on any atom is -0.255 e. The van der Waals surface area contributed by atoms with Crippen molar-refractivity contribution in [1.82, 2.24) is 4.68 Å². The monoisotopic (exact) mass is 357 g/mol. The lowest BCUT2D eigenvalue weighted by Crippen LogP contribution is -2.14. The van der Waals surface area contributed by atoms with Gasteiger partial charge >= 0.3 is 0 Å². The highest BCUT2D eigenvalue weighted by Gasteiger charge is 2.08. The van der Waals surface area contributed by atoms with Crippen molar-refractivity contribution in [2.45, 2.75) is 19.9 Å². The van der Waals surface area contributed by atoms with Gasteiger partial charge in [0, 0.05) is 17.0 Å². The third-order valence-corrected chi connectivity index (χ3v) is 4.20. The summed E-state index contributed by atoms with van der Waals surface area (Å²) in [5, 5.41) is 6.41. The molecule has 0 aliphatic rings. The molecule has 0 N–H and O–H groups in total. The normalized spacial score (nSPS) is 12.4. The molecule has 128 valence electrons. The molecule has 0 aliphatic heterocycles. The predicted octanol–water partition coefficient (Wildman–Crippen LogP) is 4.69. The van der Waals surface area contributed by atoms with E-state index >= 15 is 0 Å². The molecule has 0 saturated carbocycles. The van der Waals surface area contributed by atoms with Gasteiger partial charge < -0.3 is 0 Å². The molecule has 0 saturated heterocycles. The van der Waals surface area contributed by atoms with Crippen LogP contribution in [0, 0.1) is 11.6 Å². The highest BCUT2D eigenvalue weighted by atomic mass is 32.1. The zero-order valence-corrected chi connectivity index (χ0v) is 14.7. The first kappa shape index (κ1) is 17.2. The minimum absolute atomic E-state index is 0.107. The lowest BCUT2D eigenvalue weighted by molar-refractivity contribution is 0.627. The Hall–Kier alpha value is -2.60. The van der Waals surface area contributed by atoms with Crippen molar-refractivity contribution >= 4 is 17.6 Å². The Labute approximate surface area is 148 Å². The van der Waals surface area contributed by atoms with E-state index in [2.05, 4.69) is 10.1 Å². The second kappa shape index (κ2) is 7.53. The van der Waals surface area contributed by atoms with Gasteiger partial charge in [-0.2, -0.15) is 5.10 Å². The minimum atomic E-state index is -0.315. The number of nitrogens with zero attached hydrogens (tertiary/aromatic N) is 3. The molecule has 3 nitrogen and oxygen atoms in total. The summed E-state index contributed by atoms with van der Waals surface area (Å²) in [6.07, 6.45) is 1.59. The summed E-state index contributed by atoms with van der Waals surface area (Å²) in [5.41, 5.74) is 2.29. The molecule has 0 amide bonds. The van der Waals surface area contributed by atoms with Crippen LogP contribution in [-0.4, -0.2) is 16.9 Å². The summed E-state index contributed by atoms with van der Waals surface area (Å²) in [6, 6.07) is 12.5. The van der Waals surface area contributed by atoms with E-state index in [1.165, 1.54) is 35.6 Å². The van der Waals surface area contributed by atoms with Crippen molar-refractivity contribution in [3.05, 3.63) is 75.9 Å². The van der Waals surface area contributed by atoms with Crippen LogP contribution in [-0.2, 0) is 0 Å². The first-order chi connectivity index (χ1) is 12.0. The van der Waals surface area contributed by atoms with Gasteiger partial charge in [0.05, 0.1) is 11.9 Å². The zero-order valence-electron chi connectivity index (χ0n) is 13.9. The van der Waals surface area contributed by atoms with E-state index in [-0.39, 0.29) is 17.7 Å². The molecule has 1 aromatic heterocycles. The second-order valence-electron chi connectivity index (χ2n) is 5.74. The molecule has 0 aliphatic carbocycles. The second-order valence-corrected chi connectivity index (χ2v) is 6.58. The molecule has 0 spiro atoms. The number of hydrogen-bond donors (Lipinski definition) is 0. The van der Waals surface area contributed by atoms with Gasteiger partial charge in [-0.25, -0.2) is 13.5 Å². The molecular formula is C19H17F2N3S. The Morgan fingerprint density at radius 3 is 2.48 bits per heavy atom. The summed E-state index contributed by atoms with van der Waals surface area (Å²) < 4.78 is 28.2. The van der Waals surface area contributed by atoms with Crippen molar-refractivity contribution in [3.8, 4) is 11.3 Å². The average Bonchev–Trinajstić information content (AvgIpc) is 2.95. The van der Waals surface area contributed by atoms with Gasteiger partial charge in [0.1, 0.15) is 11.6 Å². The average molecular weight is 357 g/mol. The molecule has 0 radical (unpaired) electrons. The van der Waals surface area contributed by atoms with Gasteiger partial charge in [-0.1, -0.05) is 12.1 Å². The molecule has 1 heterocycles. The first-order valence-corrected chi connectivity index (χ1v) is 8.71.